The molecule has 7 nitrogen and oxygen atoms in total. The Morgan fingerprint density at radius 1 is 0.972 bits per heavy atom. The highest BCUT2D eigenvalue weighted by Crippen LogP contribution is 2.22. The Labute approximate surface area is 215 Å². The highest BCUT2D eigenvalue weighted by atomic mass is 35.5. The summed E-state index contributed by atoms with van der Waals surface area (Å²) in [6.45, 7) is 0.00978. The first-order valence-corrected chi connectivity index (χ1v) is 13.3. The maximum Gasteiger partial charge on any atom is 0.260 e. The fourth-order valence-electron chi connectivity index (χ4n) is 3.52. The molecule has 1 amide bonds. The van der Waals surface area contributed by atoms with E-state index in [9.17, 15) is 13.2 Å². The van der Waals surface area contributed by atoms with E-state index in [1.807, 2.05) is 30.3 Å². The van der Waals surface area contributed by atoms with Gasteiger partial charge >= 0.3 is 0 Å². The van der Waals surface area contributed by atoms with Crippen LogP contribution in [0.3, 0.4) is 0 Å². The smallest absolute Gasteiger partial charge is 0.260 e. The zero-order valence-corrected chi connectivity index (χ0v) is 21.0. The first kappa shape index (κ1) is 25.2. The molecule has 0 saturated heterocycles. The first-order valence-electron chi connectivity index (χ1n) is 11.0. The molecule has 0 spiro atoms. The number of amides is 1. The summed E-state index contributed by atoms with van der Waals surface area (Å²) in [7, 11) is -3.70. The molecule has 0 atom stereocenters. The van der Waals surface area contributed by atoms with Crippen LogP contribution in [-0.4, -0.2) is 33.3 Å². The molecule has 0 radical (unpaired) electrons. The van der Waals surface area contributed by atoms with Crippen molar-refractivity contribution in [1.29, 1.82) is 0 Å². The van der Waals surface area contributed by atoms with Gasteiger partial charge < -0.3 is 4.74 Å². The molecular formula is C27H24ClN3O4S. The lowest BCUT2D eigenvalue weighted by atomic mass is 10.1. The number of rotatable bonds is 9. The maximum atomic E-state index is 12.3. The molecule has 0 unspecified atom stereocenters. The van der Waals surface area contributed by atoms with E-state index in [1.54, 1.807) is 30.3 Å². The third kappa shape index (κ3) is 6.84. The first-order chi connectivity index (χ1) is 17.3. The van der Waals surface area contributed by atoms with Gasteiger partial charge in [0.05, 0.1) is 18.2 Å². The van der Waals surface area contributed by atoms with Gasteiger partial charge in [-0.2, -0.15) is 5.10 Å². The quantitative estimate of drug-likeness (QED) is 0.248. The fraction of sp³-hybridized carbons (Fsp3) is 0.111. The second-order valence-electron chi connectivity index (χ2n) is 8.08. The molecule has 4 rings (SSSR count). The minimum Gasteiger partial charge on any atom is -0.489 e. The predicted molar refractivity (Wildman–Crippen MR) is 144 cm³/mol. The molecule has 0 heterocycles. The molecule has 0 aliphatic carbocycles. The van der Waals surface area contributed by atoms with Crippen LogP contribution >= 0.6 is 11.6 Å². The van der Waals surface area contributed by atoms with Gasteiger partial charge in [-0.1, -0.05) is 54.1 Å². The Bertz CT molecular complexity index is 1510. The van der Waals surface area contributed by atoms with Crippen molar-refractivity contribution in [2.75, 3.05) is 17.1 Å². The van der Waals surface area contributed by atoms with Crippen LogP contribution in [0.4, 0.5) is 5.69 Å². The average molecular weight is 522 g/mol. The number of benzene rings is 4. The van der Waals surface area contributed by atoms with Gasteiger partial charge in [0.1, 0.15) is 18.9 Å². The second kappa shape index (κ2) is 11.2. The molecule has 9 heteroatoms. The lowest BCUT2D eigenvalue weighted by molar-refractivity contribution is -0.119. The standard InChI is InChI=1S/C27H24ClN3O4S/c1-36(33,34)31(25-8-4-7-24(28)16-25)18-27(32)30-29-17-20-10-13-26(14-11-20)35-19-21-9-12-22-5-2-3-6-23(22)15-21/h2-17H,18-19H2,1H3,(H,30,32)/b29-17-. The highest BCUT2D eigenvalue weighted by Gasteiger charge is 2.20. The molecule has 0 fully saturated rings. The third-order valence-corrected chi connectivity index (χ3v) is 6.66. The minimum atomic E-state index is -3.70. The summed E-state index contributed by atoms with van der Waals surface area (Å²) in [5.74, 6) is 0.113. The van der Waals surface area contributed by atoms with Gasteiger partial charge in [0.15, 0.2) is 0 Å². The molecule has 1 N–H and O–H groups in total. The number of halogens is 1. The summed E-state index contributed by atoms with van der Waals surface area (Å²) in [5, 5.41) is 6.64. The zero-order valence-electron chi connectivity index (χ0n) is 19.5. The van der Waals surface area contributed by atoms with Gasteiger partial charge in [0.2, 0.25) is 10.0 Å². The van der Waals surface area contributed by atoms with Crippen LogP contribution in [0.1, 0.15) is 11.1 Å². The number of anilines is 1. The van der Waals surface area contributed by atoms with Gasteiger partial charge in [-0.3, -0.25) is 9.10 Å². The Hall–Kier alpha value is -3.88. The van der Waals surface area contributed by atoms with Crippen molar-refractivity contribution in [2.24, 2.45) is 5.10 Å². The van der Waals surface area contributed by atoms with Crippen molar-refractivity contribution in [1.82, 2.24) is 5.43 Å². The molecule has 4 aromatic rings. The van der Waals surface area contributed by atoms with E-state index in [0.29, 0.717) is 23.1 Å². The minimum absolute atomic E-state index is 0.295. The van der Waals surface area contributed by atoms with Crippen molar-refractivity contribution in [2.45, 2.75) is 6.61 Å². The van der Waals surface area contributed by atoms with E-state index in [0.717, 1.165) is 21.7 Å². The molecule has 184 valence electrons. The van der Waals surface area contributed by atoms with Crippen LogP contribution in [0.15, 0.2) is 96.1 Å². The lowest BCUT2D eigenvalue weighted by Gasteiger charge is -2.21. The number of nitrogens with one attached hydrogen (secondary N) is 1. The third-order valence-electron chi connectivity index (χ3n) is 5.29. The van der Waals surface area contributed by atoms with E-state index in [1.165, 1.54) is 23.1 Å². The number of carbonyl (C=O) groups is 1. The van der Waals surface area contributed by atoms with Crippen molar-refractivity contribution in [3.05, 3.63) is 107 Å². The summed E-state index contributed by atoms with van der Waals surface area (Å²) in [6.07, 6.45) is 2.49. The van der Waals surface area contributed by atoms with Crippen LogP contribution in [0.25, 0.3) is 10.8 Å². The summed E-state index contributed by atoms with van der Waals surface area (Å²) in [4.78, 5) is 12.3. The predicted octanol–water partition coefficient (Wildman–Crippen LogP) is 4.99. The molecule has 4 aromatic carbocycles. The fourth-order valence-corrected chi connectivity index (χ4v) is 4.55. The molecule has 0 aliphatic rings. The van der Waals surface area contributed by atoms with Gasteiger partial charge in [-0.25, -0.2) is 13.8 Å². The van der Waals surface area contributed by atoms with Gasteiger partial charge in [-0.15, -0.1) is 0 Å². The second-order valence-corrected chi connectivity index (χ2v) is 10.4. The molecule has 0 saturated carbocycles. The Morgan fingerprint density at radius 2 is 1.72 bits per heavy atom. The number of fused-ring (bicyclic) bond motifs is 1. The van der Waals surface area contributed by atoms with Crippen molar-refractivity contribution >= 4 is 50.2 Å². The normalized spacial score (nSPS) is 11.5. The van der Waals surface area contributed by atoms with Crippen molar-refractivity contribution in [3.8, 4) is 5.75 Å². The molecular weight excluding hydrogens is 498 g/mol. The zero-order chi connectivity index (χ0) is 25.5. The number of hydrogen-bond donors (Lipinski definition) is 1. The van der Waals surface area contributed by atoms with Gasteiger partial charge in [0, 0.05) is 5.02 Å². The summed E-state index contributed by atoms with van der Waals surface area (Å²) in [6, 6.07) is 27.9. The Balaban J connectivity index is 1.31. The molecule has 0 aromatic heterocycles. The number of ether oxygens (including phenoxy) is 1. The number of nitrogens with zero attached hydrogens (tertiary/aromatic N) is 2. The molecule has 0 bridgehead atoms. The van der Waals surface area contributed by atoms with Crippen LogP contribution in [0, 0.1) is 0 Å². The topological polar surface area (TPSA) is 88.1 Å². The average Bonchev–Trinajstić information content (AvgIpc) is 2.86. The number of sulfonamides is 1. The van der Waals surface area contributed by atoms with Gasteiger partial charge in [-0.05, 0) is 70.4 Å². The highest BCUT2D eigenvalue weighted by molar-refractivity contribution is 7.92. The van der Waals surface area contributed by atoms with Crippen molar-refractivity contribution in [3.63, 3.8) is 0 Å². The Kier molecular flexibility index (Phi) is 7.87. The SMILES string of the molecule is CS(=O)(=O)N(CC(=O)N/N=C\c1ccc(OCc2ccc3ccccc3c2)cc1)c1cccc(Cl)c1. The lowest BCUT2D eigenvalue weighted by Crippen LogP contribution is -2.39. The number of carbonyl (C=O) groups excluding carboxylic acids is 1. The number of hydrogen-bond acceptors (Lipinski definition) is 5. The Morgan fingerprint density at radius 3 is 2.44 bits per heavy atom. The van der Waals surface area contributed by atoms with E-state index >= 15 is 0 Å². The summed E-state index contributed by atoms with van der Waals surface area (Å²) >= 11 is 5.96. The van der Waals surface area contributed by atoms with Crippen LogP contribution in [0.5, 0.6) is 5.75 Å². The van der Waals surface area contributed by atoms with E-state index in [-0.39, 0.29) is 0 Å². The molecule has 0 aliphatic heterocycles. The monoisotopic (exact) mass is 521 g/mol. The van der Waals surface area contributed by atoms with Crippen LogP contribution in [-0.2, 0) is 21.4 Å². The van der Waals surface area contributed by atoms with Gasteiger partial charge in [0.25, 0.3) is 5.91 Å². The maximum absolute atomic E-state index is 12.3. The number of hydrazone groups is 1. The van der Waals surface area contributed by atoms with E-state index in [2.05, 4.69) is 34.8 Å². The van der Waals surface area contributed by atoms with E-state index < -0.39 is 22.5 Å². The largest absolute Gasteiger partial charge is 0.489 e. The van der Waals surface area contributed by atoms with E-state index in [4.69, 9.17) is 16.3 Å². The van der Waals surface area contributed by atoms with Crippen LogP contribution < -0.4 is 14.5 Å². The summed E-state index contributed by atoms with van der Waals surface area (Å²) < 4.78 is 31.2. The summed E-state index contributed by atoms with van der Waals surface area (Å²) in [5.41, 5.74) is 4.46. The van der Waals surface area contributed by atoms with Crippen molar-refractivity contribution < 1.29 is 17.9 Å². The van der Waals surface area contributed by atoms with Crippen LogP contribution in [0.2, 0.25) is 5.02 Å². The molecule has 36 heavy (non-hydrogen) atoms.